The van der Waals surface area contributed by atoms with Crippen LogP contribution in [0.3, 0.4) is 0 Å². The predicted molar refractivity (Wildman–Crippen MR) is 108 cm³/mol. The molecule has 3 aromatic rings. The summed E-state index contributed by atoms with van der Waals surface area (Å²) in [5.74, 6) is 1.28. The fraction of sp³-hybridized carbons (Fsp3) is 0.150. The van der Waals surface area contributed by atoms with E-state index in [1.165, 1.54) is 4.68 Å². The number of hydrogen-bond acceptors (Lipinski definition) is 4. The largest absolute Gasteiger partial charge is 0.489 e. The van der Waals surface area contributed by atoms with Crippen LogP contribution in [0.2, 0.25) is 0 Å². The number of ether oxygens (including phenoxy) is 1. The molecule has 0 saturated carbocycles. The monoisotopic (exact) mass is 411 g/mol. The predicted octanol–water partition coefficient (Wildman–Crippen LogP) is 4.17. The second-order valence-corrected chi connectivity index (χ2v) is 6.46. The van der Waals surface area contributed by atoms with E-state index in [-0.39, 0.29) is 5.56 Å². The quantitative estimate of drug-likeness (QED) is 0.451. The van der Waals surface area contributed by atoms with E-state index in [0.29, 0.717) is 35.5 Å². The summed E-state index contributed by atoms with van der Waals surface area (Å²) in [4.78, 5) is 17.4. The van der Waals surface area contributed by atoms with Gasteiger partial charge in [0, 0.05) is 16.5 Å². The van der Waals surface area contributed by atoms with Gasteiger partial charge in [0.25, 0.3) is 5.56 Å². The zero-order valence-corrected chi connectivity index (χ0v) is 15.9. The van der Waals surface area contributed by atoms with Gasteiger partial charge in [0.1, 0.15) is 18.2 Å². The van der Waals surface area contributed by atoms with E-state index in [0.717, 1.165) is 10.0 Å². The number of rotatable bonds is 6. The number of benzene rings is 2. The van der Waals surface area contributed by atoms with E-state index < -0.39 is 0 Å². The van der Waals surface area contributed by atoms with Crippen LogP contribution >= 0.6 is 15.9 Å². The Morgan fingerprint density at radius 3 is 2.88 bits per heavy atom. The standard InChI is InChI=1S/C20H18BrN3O2/c1-3-11-26-18-8-6-5-7-14(18)13-22-24-19(4-2)23-17-10-9-15(21)12-16(17)20(24)25/h3,5-10,12-13H,1,4,11H2,2H3. The molecule has 0 unspecified atom stereocenters. The maximum Gasteiger partial charge on any atom is 0.282 e. The van der Waals surface area contributed by atoms with Crippen LogP contribution < -0.4 is 10.3 Å². The van der Waals surface area contributed by atoms with Gasteiger partial charge in [-0.15, -0.1) is 0 Å². The lowest BCUT2D eigenvalue weighted by molar-refractivity contribution is 0.362. The van der Waals surface area contributed by atoms with E-state index >= 15 is 0 Å². The van der Waals surface area contributed by atoms with Crippen molar-refractivity contribution in [3.05, 3.63) is 81.3 Å². The van der Waals surface area contributed by atoms with Crippen LogP contribution in [0, 0.1) is 0 Å². The minimum absolute atomic E-state index is 0.200. The van der Waals surface area contributed by atoms with Crippen molar-refractivity contribution in [1.29, 1.82) is 0 Å². The van der Waals surface area contributed by atoms with Gasteiger partial charge in [-0.3, -0.25) is 4.79 Å². The van der Waals surface area contributed by atoms with Crippen molar-refractivity contribution in [2.45, 2.75) is 13.3 Å². The first kappa shape index (κ1) is 18.1. The third kappa shape index (κ3) is 3.75. The first-order valence-electron chi connectivity index (χ1n) is 8.22. The maximum absolute atomic E-state index is 12.9. The molecule has 0 atom stereocenters. The first-order chi connectivity index (χ1) is 12.6. The van der Waals surface area contributed by atoms with Gasteiger partial charge in [0.05, 0.1) is 17.1 Å². The van der Waals surface area contributed by atoms with Gasteiger partial charge < -0.3 is 4.74 Å². The molecule has 26 heavy (non-hydrogen) atoms. The van der Waals surface area contributed by atoms with Gasteiger partial charge in [-0.05, 0) is 30.3 Å². The van der Waals surface area contributed by atoms with Crippen molar-refractivity contribution in [3.63, 3.8) is 0 Å². The number of aryl methyl sites for hydroxylation is 1. The normalized spacial score (nSPS) is 11.2. The van der Waals surface area contributed by atoms with Gasteiger partial charge in [0.15, 0.2) is 0 Å². The lowest BCUT2D eigenvalue weighted by Gasteiger charge is -2.09. The Hall–Kier alpha value is -2.73. The molecular formula is C20H18BrN3O2. The van der Waals surface area contributed by atoms with Crippen molar-refractivity contribution in [3.8, 4) is 5.75 Å². The summed E-state index contributed by atoms with van der Waals surface area (Å²) in [6.45, 7) is 6.00. The average Bonchev–Trinajstić information content (AvgIpc) is 2.66. The molecule has 0 aliphatic heterocycles. The summed E-state index contributed by atoms with van der Waals surface area (Å²) in [7, 11) is 0. The summed E-state index contributed by atoms with van der Waals surface area (Å²) in [5, 5.41) is 4.91. The second kappa shape index (κ2) is 8.10. The fourth-order valence-electron chi connectivity index (χ4n) is 2.53. The number of fused-ring (bicyclic) bond motifs is 1. The van der Waals surface area contributed by atoms with Gasteiger partial charge >= 0.3 is 0 Å². The van der Waals surface area contributed by atoms with E-state index in [9.17, 15) is 4.79 Å². The third-order valence-corrected chi connectivity index (χ3v) is 4.27. The summed E-state index contributed by atoms with van der Waals surface area (Å²) in [6.07, 6.45) is 3.89. The lowest BCUT2D eigenvalue weighted by atomic mass is 10.2. The van der Waals surface area contributed by atoms with Crippen LogP contribution in [0.1, 0.15) is 18.3 Å². The maximum atomic E-state index is 12.9. The van der Waals surface area contributed by atoms with Gasteiger partial charge in [-0.1, -0.05) is 47.6 Å². The summed E-state index contributed by atoms with van der Waals surface area (Å²) in [6, 6.07) is 13.0. The van der Waals surface area contributed by atoms with Crippen LogP contribution in [0.5, 0.6) is 5.75 Å². The Morgan fingerprint density at radius 2 is 2.12 bits per heavy atom. The molecule has 0 spiro atoms. The van der Waals surface area contributed by atoms with Crippen molar-refractivity contribution in [2.75, 3.05) is 6.61 Å². The van der Waals surface area contributed by atoms with Crippen LogP contribution in [0.25, 0.3) is 10.9 Å². The molecule has 0 bridgehead atoms. The van der Waals surface area contributed by atoms with Crippen LogP contribution in [-0.2, 0) is 6.42 Å². The molecular weight excluding hydrogens is 394 g/mol. The number of halogens is 1. The molecule has 6 heteroatoms. The number of hydrogen-bond donors (Lipinski definition) is 0. The zero-order valence-electron chi connectivity index (χ0n) is 14.4. The van der Waals surface area contributed by atoms with Crippen molar-refractivity contribution < 1.29 is 4.74 Å². The Kier molecular flexibility index (Phi) is 5.63. The molecule has 2 aromatic carbocycles. The highest BCUT2D eigenvalue weighted by molar-refractivity contribution is 9.10. The van der Waals surface area contributed by atoms with E-state index in [2.05, 4.69) is 32.6 Å². The molecule has 0 radical (unpaired) electrons. The molecule has 0 amide bonds. The topological polar surface area (TPSA) is 56.5 Å². The third-order valence-electron chi connectivity index (χ3n) is 3.78. The van der Waals surface area contributed by atoms with Gasteiger partial charge in [-0.2, -0.15) is 9.78 Å². The van der Waals surface area contributed by atoms with Crippen LogP contribution in [-0.4, -0.2) is 22.5 Å². The molecule has 0 aliphatic carbocycles. The molecule has 1 aromatic heterocycles. The highest BCUT2D eigenvalue weighted by atomic mass is 79.9. The molecule has 1 heterocycles. The highest BCUT2D eigenvalue weighted by Crippen LogP contribution is 2.17. The summed E-state index contributed by atoms with van der Waals surface area (Å²) >= 11 is 3.40. The van der Waals surface area contributed by atoms with E-state index in [1.807, 2.05) is 43.3 Å². The number of nitrogens with zero attached hydrogens (tertiary/aromatic N) is 3. The molecule has 0 fully saturated rings. The smallest absolute Gasteiger partial charge is 0.282 e. The molecule has 0 aliphatic rings. The Balaban J connectivity index is 2.08. The molecule has 0 saturated heterocycles. The SMILES string of the molecule is C=CCOc1ccccc1C=Nn1c(CC)nc2ccc(Br)cc2c1=O. The zero-order chi connectivity index (χ0) is 18.5. The first-order valence-corrected chi connectivity index (χ1v) is 9.01. The number of para-hydroxylation sites is 1. The van der Waals surface area contributed by atoms with Crippen molar-refractivity contribution in [1.82, 2.24) is 9.66 Å². The second-order valence-electron chi connectivity index (χ2n) is 5.54. The summed E-state index contributed by atoms with van der Waals surface area (Å²) in [5.41, 5.74) is 1.24. The van der Waals surface area contributed by atoms with Gasteiger partial charge in [-0.25, -0.2) is 4.98 Å². The number of aromatic nitrogens is 2. The van der Waals surface area contributed by atoms with Crippen molar-refractivity contribution >= 4 is 33.0 Å². The van der Waals surface area contributed by atoms with Gasteiger partial charge in [0.2, 0.25) is 0 Å². The fourth-order valence-corrected chi connectivity index (χ4v) is 2.89. The minimum atomic E-state index is -0.200. The Morgan fingerprint density at radius 1 is 1.31 bits per heavy atom. The highest BCUT2D eigenvalue weighted by Gasteiger charge is 2.10. The minimum Gasteiger partial charge on any atom is -0.489 e. The van der Waals surface area contributed by atoms with Crippen LogP contribution in [0.4, 0.5) is 0 Å². The summed E-state index contributed by atoms with van der Waals surface area (Å²) < 4.78 is 7.80. The molecule has 5 nitrogen and oxygen atoms in total. The van der Waals surface area contributed by atoms with Crippen molar-refractivity contribution in [2.24, 2.45) is 5.10 Å². The lowest BCUT2D eigenvalue weighted by Crippen LogP contribution is -2.22. The Bertz CT molecular complexity index is 1040. The molecule has 132 valence electrons. The molecule has 0 N–H and O–H groups in total. The van der Waals surface area contributed by atoms with Crippen LogP contribution in [0.15, 0.2) is 69.5 Å². The average molecular weight is 412 g/mol. The van der Waals surface area contributed by atoms with E-state index in [4.69, 9.17) is 4.74 Å². The molecule has 3 rings (SSSR count). The van der Waals surface area contributed by atoms with E-state index in [1.54, 1.807) is 18.4 Å². The Labute approximate surface area is 159 Å².